The molecule has 4 N–H and O–H groups in total. The number of allylic oxidation sites excluding steroid dienone is 1. The summed E-state index contributed by atoms with van der Waals surface area (Å²) < 4.78 is 9.71. The molecule has 0 spiro atoms. The third-order valence-electron chi connectivity index (χ3n) is 13.3. The minimum Gasteiger partial charge on any atom is -0.453 e. The van der Waals surface area contributed by atoms with E-state index in [4.69, 9.17) is 31.0 Å². The van der Waals surface area contributed by atoms with Crippen LogP contribution in [-0.2, 0) is 24.6 Å². The van der Waals surface area contributed by atoms with E-state index in [2.05, 4.69) is 44.9 Å². The van der Waals surface area contributed by atoms with E-state index in [9.17, 15) is 19.2 Å². The van der Waals surface area contributed by atoms with Gasteiger partial charge in [-0.3, -0.25) is 9.59 Å². The van der Waals surface area contributed by atoms with Crippen molar-refractivity contribution >= 4 is 57.4 Å². The fourth-order valence-electron chi connectivity index (χ4n) is 10.2. The molecule has 6 unspecified atom stereocenters. The van der Waals surface area contributed by atoms with Crippen molar-refractivity contribution < 1.29 is 28.7 Å². The number of piperidine rings is 1. The smallest absolute Gasteiger partial charge is 0.407 e. The highest BCUT2D eigenvalue weighted by molar-refractivity contribution is 6.32. The largest absolute Gasteiger partial charge is 0.453 e. The van der Waals surface area contributed by atoms with Gasteiger partial charge in [0.1, 0.15) is 40.1 Å². The van der Waals surface area contributed by atoms with Gasteiger partial charge in [0.15, 0.2) is 0 Å². The number of amides is 4. The Kier molecular flexibility index (Phi) is 11.4. The van der Waals surface area contributed by atoms with E-state index < -0.39 is 29.8 Å². The molecule has 15 heteroatoms. The first-order chi connectivity index (χ1) is 30.9. The first-order valence-electron chi connectivity index (χ1n) is 21.7. The normalized spacial score (nSPS) is 21.2. The molecule has 330 valence electrons. The molecule has 1 aliphatic carbocycles. The van der Waals surface area contributed by atoms with Crippen molar-refractivity contribution in [1.29, 1.82) is 0 Å². The molecule has 2 bridgehead atoms. The molecule has 64 heavy (non-hydrogen) atoms. The summed E-state index contributed by atoms with van der Waals surface area (Å²) in [5, 5.41) is 7.84. The Morgan fingerprint density at radius 3 is 2.30 bits per heavy atom. The number of alkyl carbamates (subject to hydrolysis) is 2. The molecular formula is C49H51ClN8O6. The standard InChI is InChI=1S/C49H51ClN8O6/c1-27(2)24-37(52-47(61)63-4)44(59)57-23-9-12-38(57)43-51-36-22-18-32-25-31(17-21-35(32)41(36)53-43)28-13-15-30(16-14-28)39-42(50)56-46(54-39)49(3)33-19-20-34(26-33)58(49)45(60)40(55-48(62)64-5)29-10-7-6-8-11-29/h6-8,10-11,13-18,21-22,24-25,33-34,37-38,40H,9,12,19-20,23,26H2,1-5H3,(H,51,53)(H,52,61)(H,54,56)(H,55,62). The minimum absolute atomic E-state index is 0.00914. The summed E-state index contributed by atoms with van der Waals surface area (Å²) in [6.07, 6.45) is 4.60. The number of hydrogen-bond acceptors (Lipinski definition) is 8. The molecular weight excluding hydrogens is 832 g/mol. The SMILES string of the molecule is COC(=O)NC(C=C(C)C)C(=O)N1CCCC1c1nc2c(ccc3cc(-c4ccc(-c5nc(C6(C)C7CCC(C7)N6C(=O)C(NC(=O)OC)c6ccccc6)[nH]c5Cl)cc4)ccc32)[nH]1. The molecule has 1 saturated carbocycles. The van der Waals surface area contributed by atoms with E-state index >= 15 is 0 Å². The summed E-state index contributed by atoms with van der Waals surface area (Å²) in [6, 6.07) is 25.7. The van der Waals surface area contributed by atoms with Gasteiger partial charge >= 0.3 is 12.2 Å². The van der Waals surface area contributed by atoms with E-state index in [1.165, 1.54) is 14.2 Å². The topological polar surface area (TPSA) is 175 Å². The Labute approximate surface area is 375 Å². The number of benzene rings is 4. The zero-order valence-corrected chi connectivity index (χ0v) is 37.2. The van der Waals surface area contributed by atoms with Gasteiger partial charge in [0.2, 0.25) is 5.91 Å². The highest BCUT2D eigenvalue weighted by atomic mass is 35.5. The molecule has 3 fully saturated rings. The average Bonchev–Trinajstić information content (AvgIpc) is 4.16. The predicted octanol–water partition coefficient (Wildman–Crippen LogP) is 9.10. The van der Waals surface area contributed by atoms with Gasteiger partial charge in [0.25, 0.3) is 5.91 Å². The Balaban J connectivity index is 0.958. The number of H-pyrrole nitrogens is 2. The molecule has 4 aromatic carbocycles. The molecule has 4 amide bonds. The van der Waals surface area contributed by atoms with Crippen LogP contribution in [0.5, 0.6) is 0 Å². The summed E-state index contributed by atoms with van der Waals surface area (Å²) in [5.41, 5.74) is 5.94. The number of imidazole rings is 2. The summed E-state index contributed by atoms with van der Waals surface area (Å²) in [4.78, 5) is 73.7. The van der Waals surface area contributed by atoms with Crippen LogP contribution in [0.1, 0.15) is 82.2 Å². The zero-order valence-electron chi connectivity index (χ0n) is 36.4. The number of fused-ring (bicyclic) bond motifs is 5. The molecule has 6 aromatic rings. The number of nitrogens with one attached hydrogen (secondary N) is 4. The number of methoxy groups -OCH3 is 2. The molecule has 2 aromatic heterocycles. The molecule has 2 saturated heterocycles. The number of nitrogens with zero attached hydrogens (tertiary/aromatic N) is 4. The monoisotopic (exact) mass is 882 g/mol. The van der Waals surface area contributed by atoms with Crippen LogP contribution in [0.15, 0.2) is 96.6 Å². The molecule has 3 aliphatic rings. The predicted molar refractivity (Wildman–Crippen MR) is 244 cm³/mol. The van der Waals surface area contributed by atoms with Crippen LogP contribution >= 0.6 is 11.6 Å². The molecule has 14 nitrogen and oxygen atoms in total. The molecule has 2 aliphatic heterocycles. The van der Waals surface area contributed by atoms with Gasteiger partial charge in [0, 0.05) is 23.5 Å². The Morgan fingerprint density at radius 1 is 0.844 bits per heavy atom. The van der Waals surface area contributed by atoms with Gasteiger partial charge in [-0.25, -0.2) is 19.6 Å². The molecule has 4 heterocycles. The Bertz CT molecular complexity index is 2800. The van der Waals surface area contributed by atoms with Gasteiger partial charge in [-0.15, -0.1) is 0 Å². The number of ether oxygens (including phenoxy) is 2. The number of aromatic amines is 2. The summed E-state index contributed by atoms with van der Waals surface area (Å²) in [5.74, 6) is 1.05. The summed E-state index contributed by atoms with van der Waals surface area (Å²) in [6.45, 7) is 6.37. The average molecular weight is 883 g/mol. The van der Waals surface area contributed by atoms with E-state index in [0.29, 0.717) is 34.6 Å². The third-order valence-corrected chi connectivity index (χ3v) is 13.6. The summed E-state index contributed by atoms with van der Waals surface area (Å²) in [7, 11) is 2.56. The number of carbonyl (C=O) groups is 4. The minimum atomic E-state index is -0.937. The van der Waals surface area contributed by atoms with Crippen LogP contribution < -0.4 is 10.6 Å². The maximum absolute atomic E-state index is 14.6. The van der Waals surface area contributed by atoms with Crippen LogP contribution in [0.25, 0.3) is 44.2 Å². The Morgan fingerprint density at radius 2 is 1.56 bits per heavy atom. The first kappa shape index (κ1) is 42.6. The number of rotatable bonds is 10. The third kappa shape index (κ3) is 7.63. The second kappa shape index (κ2) is 17.1. The molecule has 9 rings (SSSR count). The van der Waals surface area contributed by atoms with Crippen molar-refractivity contribution in [2.45, 2.75) is 82.6 Å². The van der Waals surface area contributed by atoms with Crippen molar-refractivity contribution in [2.24, 2.45) is 5.92 Å². The van der Waals surface area contributed by atoms with Crippen LogP contribution in [0, 0.1) is 5.92 Å². The second-order valence-electron chi connectivity index (χ2n) is 17.4. The number of halogens is 1. The first-order valence-corrected chi connectivity index (χ1v) is 22.1. The molecule has 0 radical (unpaired) electrons. The van der Waals surface area contributed by atoms with Crippen molar-refractivity contribution in [3.63, 3.8) is 0 Å². The maximum atomic E-state index is 14.6. The number of aromatic nitrogens is 4. The van der Waals surface area contributed by atoms with E-state index in [-0.39, 0.29) is 29.8 Å². The Hall–Kier alpha value is -6.67. The summed E-state index contributed by atoms with van der Waals surface area (Å²) >= 11 is 6.94. The van der Waals surface area contributed by atoms with Crippen LogP contribution in [0.3, 0.4) is 0 Å². The number of carbonyl (C=O) groups excluding carboxylic acids is 4. The second-order valence-corrected chi connectivity index (χ2v) is 17.8. The lowest BCUT2D eigenvalue weighted by Gasteiger charge is -2.44. The van der Waals surface area contributed by atoms with Gasteiger partial charge in [-0.05, 0) is 93.0 Å². The fourth-order valence-corrected chi connectivity index (χ4v) is 10.4. The van der Waals surface area contributed by atoms with E-state index in [0.717, 1.165) is 76.2 Å². The molecule has 6 atom stereocenters. The van der Waals surface area contributed by atoms with E-state index in [1.54, 1.807) is 11.0 Å². The van der Waals surface area contributed by atoms with Gasteiger partial charge in [-0.1, -0.05) is 96.0 Å². The van der Waals surface area contributed by atoms with Gasteiger partial charge < -0.3 is 39.9 Å². The van der Waals surface area contributed by atoms with Crippen LogP contribution in [-0.4, -0.2) is 86.6 Å². The number of likely N-dealkylation sites (tertiary alicyclic amines) is 2. The zero-order chi connectivity index (χ0) is 44.9. The lowest BCUT2D eigenvalue weighted by atomic mass is 9.83. The highest BCUT2D eigenvalue weighted by Gasteiger charge is 2.59. The maximum Gasteiger partial charge on any atom is 0.407 e. The van der Waals surface area contributed by atoms with E-state index in [1.807, 2.05) is 86.3 Å². The van der Waals surface area contributed by atoms with Gasteiger partial charge in [0.05, 0.1) is 31.3 Å². The lowest BCUT2D eigenvalue weighted by molar-refractivity contribution is -0.143. The highest BCUT2D eigenvalue weighted by Crippen LogP contribution is 2.55. The van der Waals surface area contributed by atoms with Crippen molar-refractivity contribution in [3.05, 3.63) is 119 Å². The van der Waals surface area contributed by atoms with Crippen molar-refractivity contribution in [1.82, 2.24) is 40.4 Å². The quantitative estimate of drug-likeness (QED) is 0.0986. The van der Waals surface area contributed by atoms with Crippen molar-refractivity contribution in [2.75, 3.05) is 20.8 Å². The number of hydrogen-bond donors (Lipinski definition) is 4. The lowest BCUT2D eigenvalue weighted by Crippen LogP contribution is -2.55. The van der Waals surface area contributed by atoms with Crippen molar-refractivity contribution in [3.8, 4) is 22.4 Å². The van der Waals surface area contributed by atoms with Gasteiger partial charge in [-0.2, -0.15) is 0 Å². The van der Waals surface area contributed by atoms with Crippen LogP contribution in [0.4, 0.5) is 9.59 Å². The van der Waals surface area contributed by atoms with Crippen LogP contribution in [0.2, 0.25) is 5.15 Å². The fraction of sp³-hybridized carbons (Fsp3) is 0.347.